The summed E-state index contributed by atoms with van der Waals surface area (Å²) in [5, 5.41) is 0. The monoisotopic (exact) mass is 291 g/mol. The van der Waals surface area contributed by atoms with Gasteiger partial charge in [0.2, 0.25) is 10.0 Å². The van der Waals surface area contributed by atoms with Crippen molar-refractivity contribution in [1.29, 1.82) is 0 Å². The Balaban J connectivity index is 2.10. The normalized spacial score (nSPS) is 13.1. The van der Waals surface area contributed by atoms with E-state index < -0.39 is 10.0 Å². The highest BCUT2D eigenvalue weighted by Gasteiger charge is 2.19. The first kappa shape index (κ1) is 14.6. The van der Waals surface area contributed by atoms with Crippen molar-refractivity contribution in [3.8, 4) is 0 Å². The van der Waals surface area contributed by atoms with Gasteiger partial charge in [0.1, 0.15) is 4.90 Å². The average Bonchev–Trinajstić information content (AvgIpc) is 2.48. The van der Waals surface area contributed by atoms with Gasteiger partial charge in [-0.25, -0.2) is 13.1 Å². The van der Waals surface area contributed by atoms with Crippen LogP contribution in [0.4, 0.5) is 0 Å². The van der Waals surface area contributed by atoms with Crippen molar-refractivity contribution in [3.63, 3.8) is 0 Å². The van der Waals surface area contributed by atoms with E-state index in [1.54, 1.807) is 6.07 Å². The van der Waals surface area contributed by atoms with Crippen LogP contribution in [0, 0.1) is 0 Å². The number of nitrogens with zero attached hydrogens (tertiary/aromatic N) is 1. The van der Waals surface area contributed by atoms with Gasteiger partial charge in [-0.2, -0.15) is 0 Å². The lowest BCUT2D eigenvalue weighted by Gasteiger charge is -2.17. The molecule has 0 bridgehead atoms. The highest BCUT2D eigenvalue weighted by atomic mass is 32.2. The number of hydrogen-bond donors (Lipinski definition) is 2. The summed E-state index contributed by atoms with van der Waals surface area (Å²) < 4.78 is 27.0. The fourth-order valence-electron chi connectivity index (χ4n) is 1.87. The lowest BCUT2D eigenvalue weighted by Crippen LogP contribution is -2.41. The molecule has 0 radical (unpaired) electrons. The molecule has 0 aliphatic carbocycles. The maximum atomic E-state index is 12.2. The summed E-state index contributed by atoms with van der Waals surface area (Å²) in [4.78, 5) is 3.96. The molecule has 3 N–H and O–H groups in total. The summed E-state index contributed by atoms with van der Waals surface area (Å²) in [6.45, 7) is 0.231. The predicted octanol–water partition coefficient (Wildman–Crippen LogP) is 0.930. The molecule has 2 aromatic rings. The lowest BCUT2D eigenvalue weighted by molar-refractivity contribution is 0.547. The van der Waals surface area contributed by atoms with E-state index >= 15 is 0 Å². The molecule has 1 aromatic heterocycles. The third kappa shape index (κ3) is 3.86. The maximum absolute atomic E-state index is 12.2. The fourth-order valence-corrected chi connectivity index (χ4v) is 3.08. The van der Waals surface area contributed by atoms with Crippen LogP contribution < -0.4 is 10.5 Å². The van der Waals surface area contributed by atoms with Gasteiger partial charge in [-0.15, -0.1) is 0 Å². The number of hydrogen-bond acceptors (Lipinski definition) is 4. The van der Waals surface area contributed by atoms with Gasteiger partial charge in [0.05, 0.1) is 0 Å². The second-order valence-corrected chi connectivity index (χ2v) is 6.15. The predicted molar refractivity (Wildman–Crippen MR) is 77.5 cm³/mol. The molecule has 0 spiro atoms. The number of rotatable bonds is 6. The van der Waals surface area contributed by atoms with E-state index in [0.717, 1.165) is 5.56 Å². The van der Waals surface area contributed by atoms with Crippen LogP contribution in [0.5, 0.6) is 0 Å². The standard InChI is InChI=1S/C14H17N3O2S/c15-10-13(9-12-5-2-1-3-6-12)17-20(18,19)14-7-4-8-16-11-14/h1-8,11,13,17H,9-10,15H2. The van der Waals surface area contributed by atoms with Crippen LogP contribution in [0.1, 0.15) is 5.56 Å². The minimum atomic E-state index is -3.58. The molecule has 0 saturated heterocycles. The molecular formula is C14H17N3O2S. The molecule has 1 atom stereocenters. The number of pyridine rings is 1. The second kappa shape index (κ2) is 6.60. The van der Waals surface area contributed by atoms with Crippen molar-refractivity contribution in [2.45, 2.75) is 17.4 Å². The van der Waals surface area contributed by atoms with Crippen molar-refractivity contribution < 1.29 is 8.42 Å². The van der Waals surface area contributed by atoms with E-state index in [1.165, 1.54) is 18.5 Å². The van der Waals surface area contributed by atoms with Gasteiger partial charge in [0.25, 0.3) is 0 Å². The average molecular weight is 291 g/mol. The highest BCUT2D eigenvalue weighted by molar-refractivity contribution is 7.89. The van der Waals surface area contributed by atoms with Crippen LogP contribution in [-0.4, -0.2) is 26.0 Å². The summed E-state index contributed by atoms with van der Waals surface area (Å²) in [6.07, 6.45) is 3.40. The van der Waals surface area contributed by atoms with Gasteiger partial charge in [0.15, 0.2) is 0 Å². The molecule has 0 aliphatic heterocycles. The van der Waals surface area contributed by atoms with Crippen LogP contribution in [-0.2, 0) is 16.4 Å². The molecule has 1 aromatic carbocycles. The molecule has 0 amide bonds. The minimum absolute atomic E-state index is 0.145. The third-order valence-electron chi connectivity index (χ3n) is 2.88. The van der Waals surface area contributed by atoms with Crippen molar-refractivity contribution in [1.82, 2.24) is 9.71 Å². The molecule has 5 nitrogen and oxygen atoms in total. The molecule has 2 rings (SSSR count). The first-order valence-corrected chi connectivity index (χ1v) is 7.76. The zero-order valence-corrected chi connectivity index (χ0v) is 11.8. The fraction of sp³-hybridized carbons (Fsp3) is 0.214. The van der Waals surface area contributed by atoms with E-state index in [4.69, 9.17) is 5.73 Å². The number of nitrogens with one attached hydrogen (secondary N) is 1. The Morgan fingerprint density at radius 1 is 1.15 bits per heavy atom. The Morgan fingerprint density at radius 2 is 1.90 bits per heavy atom. The topological polar surface area (TPSA) is 85.1 Å². The number of aromatic nitrogens is 1. The number of sulfonamides is 1. The van der Waals surface area contributed by atoms with Gasteiger partial charge in [-0.05, 0) is 24.1 Å². The second-order valence-electron chi connectivity index (χ2n) is 4.43. The van der Waals surface area contributed by atoms with Crippen LogP contribution in [0.3, 0.4) is 0 Å². The third-order valence-corrected chi connectivity index (χ3v) is 4.38. The molecule has 0 aliphatic rings. The van der Waals surface area contributed by atoms with Crippen molar-refractivity contribution in [2.24, 2.45) is 5.73 Å². The van der Waals surface area contributed by atoms with Gasteiger partial charge >= 0.3 is 0 Å². The maximum Gasteiger partial charge on any atom is 0.242 e. The van der Waals surface area contributed by atoms with E-state index in [2.05, 4.69) is 9.71 Å². The van der Waals surface area contributed by atoms with Crippen LogP contribution in [0.15, 0.2) is 59.8 Å². The van der Waals surface area contributed by atoms with Gasteiger partial charge in [-0.3, -0.25) is 4.98 Å². The van der Waals surface area contributed by atoms with Crippen LogP contribution in [0.25, 0.3) is 0 Å². The largest absolute Gasteiger partial charge is 0.329 e. The van der Waals surface area contributed by atoms with E-state index in [1.807, 2.05) is 30.3 Å². The Hall–Kier alpha value is -1.76. The highest BCUT2D eigenvalue weighted by Crippen LogP contribution is 2.09. The van der Waals surface area contributed by atoms with Crippen molar-refractivity contribution >= 4 is 10.0 Å². The van der Waals surface area contributed by atoms with E-state index in [-0.39, 0.29) is 17.5 Å². The van der Waals surface area contributed by atoms with Gasteiger partial charge < -0.3 is 5.73 Å². The lowest BCUT2D eigenvalue weighted by atomic mass is 10.1. The van der Waals surface area contributed by atoms with Gasteiger partial charge in [0, 0.05) is 25.0 Å². The summed E-state index contributed by atoms with van der Waals surface area (Å²) in [5.74, 6) is 0. The first-order valence-electron chi connectivity index (χ1n) is 6.28. The summed E-state index contributed by atoms with van der Waals surface area (Å²) in [5.41, 5.74) is 6.70. The Labute approximate surface area is 118 Å². The summed E-state index contributed by atoms with van der Waals surface area (Å²) in [7, 11) is -3.58. The zero-order valence-electron chi connectivity index (χ0n) is 10.9. The van der Waals surface area contributed by atoms with Crippen LogP contribution >= 0.6 is 0 Å². The van der Waals surface area contributed by atoms with Crippen molar-refractivity contribution in [3.05, 3.63) is 60.4 Å². The van der Waals surface area contributed by atoms with Crippen LogP contribution in [0.2, 0.25) is 0 Å². The number of benzene rings is 1. The zero-order chi connectivity index (χ0) is 14.4. The molecule has 1 heterocycles. The quantitative estimate of drug-likeness (QED) is 0.829. The van der Waals surface area contributed by atoms with E-state index in [0.29, 0.717) is 6.42 Å². The Bertz CT molecular complexity index is 630. The Morgan fingerprint density at radius 3 is 2.50 bits per heavy atom. The molecule has 106 valence electrons. The molecular weight excluding hydrogens is 274 g/mol. The summed E-state index contributed by atoms with van der Waals surface area (Å²) in [6, 6.07) is 12.4. The summed E-state index contributed by atoms with van der Waals surface area (Å²) >= 11 is 0. The molecule has 0 saturated carbocycles. The molecule has 0 fully saturated rings. The minimum Gasteiger partial charge on any atom is -0.329 e. The molecule has 20 heavy (non-hydrogen) atoms. The smallest absolute Gasteiger partial charge is 0.242 e. The van der Waals surface area contributed by atoms with Crippen molar-refractivity contribution in [2.75, 3.05) is 6.54 Å². The SMILES string of the molecule is NCC(Cc1ccccc1)NS(=O)(=O)c1cccnc1. The Kier molecular flexibility index (Phi) is 4.84. The molecule has 6 heteroatoms. The molecule has 1 unspecified atom stereocenters. The first-order chi connectivity index (χ1) is 9.62. The number of nitrogens with two attached hydrogens (primary N) is 1. The van der Waals surface area contributed by atoms with Gasteiger partial charge in [-0.1, -0.05) is 30.3 Å². The van der Waals surface area contributed by atoms with E-state index in [9.17, 15) is 8.42 Å².